The molecule has 0 spiro atoms. The molecule has 0 heterocycles. The predicted molar refractivity (Wildman–Crippen MR) is 43.8 cm³/mol. The van der Waals surface area contributed by atoms with E-state index in [4.69, 9.17) is 0 Å². The summed E-state index contributed by atoms with van der Waals surface area (Å²) in [6.45, 7) is 7.37. The van der Waals surface area contributed by atoms with Crippen molar-refractivity contribution in [2.75, 3.05) is 0 Å². The van der Waals surface area contributed by atoms with Crippen molar-refractivity contribution in [3.63, 3.8) is 0 Å². The third kappa shape index (κ3) is 6.64. The van der Waals surface area contributed by atoms with Gasteiger partial charge in [-0.15, -0.1) is 0 Å². The number of hydrogen-bond acceptors (Lipinski definition) is 1. The molecule has 0 radical (unpaired) electrons. The van der Waals surface area contributed by atoms with Crippen molar-refractivity contribution in [1.82, 2.24) is 0 Å². The lowest BCUT2D eigenvalue weighted by Gasteiger charge is -2.25. The Morgan fingerprint density at radius 3 is 2.09 bits per heavy atom. The molecule has 0 aliphatic heterocycles. The Bertz CT molecular complexity index is 103. The van der Waals surface area contributed by atoms with E-state index >= 15 is 0 Å². The normalized spacial score (nSPS) is 13.1. The zero-order chi connectivity index (χ0) is 9.07. The molecule has 0 aromatic heterocycles. The van der Waals surface area contributed by atoms with Crippen molar-refractivity contribution < 1.29 is 12.9 Å². The van der Waals surface area contributed by atoms with Crippen molar-refractivity contribution in [2.24, 2.45) is 5.92 Å². The molecule has 0 unspecified atom stereocenters. The van der Waals surface area contributed by atoms with Gasteiger partial charge in [-0.3, -0.25) is 4.52 Å². The molecule has 0 amide bonds. The molecule has 0 aliphatic carbocycles. The highest BCUT2D eigenvalue weighted by Gasteiger charge is 2.25. The molecular formula is C7H15F2OP. The molecule has 1 nitrogen and oxygen atoms in total. The standard InChI is InChI=1S/C7H15F2OP/c1-6(2)5-7(3,4)10-11(8)9/h6H,5H2,1-4H3. The van der Waals surface area contributed by atoms with Gasteiger partial charge in [0.25, 0.3) is 0 Å². The van der Waals surface area contributed by atoms with Gasteiger partial charge in [0.15, 0.2) is 0 Å². The van der Waals surface area contributed by atoms with Gasteiger partial charge in [-0.05, 0) is 26.2 Å². The van der Waals surface area contributed by atoms with Crippen LogP contribution >= 0.6 is 8.77 Å². The fourth-order valence-electron chi connectivity index (χ4n) is 1.21. The lowest BCUT2D eigenvalue weighted by atomic mass is 9.97. The lowest BCUT2D eigenvalue weighted by Crippen LogP contribution is -2.23. The Morgan fingerprint density at radius 1 is 1.36 bits per heavy atom. The van der Waals surface area contributed by atoms with Crippen molar-refractivity contribution in [1.29, 1.82) is 0 Å². The first kappa shape index (κ1) is 11.2. The zero-order valence-electron chi connectivity index (χ0n) is 7.40. The van der Waals surface area contributed by atoms with Crippen molar-refractivity contribution in [3.8, 4) is 0 Å². The van der Waals surface area contributed by atoms with E-state index in [1.165, 1.54) is 0 Å². The first-order valence-corrected chi connectivity index (χ1v) is 4.68. The first-order valence-electron chi connectivity index (χ1n) is 3.64. The van der Waals surface area contributed by atoms with Crippen LogP contribution < -0.4 is 0 Å². The van der Waals surface area contributed by atoms with Crippen LogP contribution in [0.1, 0.15) is 34.1 Å². The molecular weight excluding hydrogens is 169 g/mol. The highest BCUT2D eigenvalue weighted by molar-refractivity contribution is 7.40. The summed E-state index contributed by atoms with van der Waals surface area (Å²) in [6.07, 6.45) is 0.666. The predicted octanol–water partition coefficient (Wildman–Crippen LogP) is 3.99. The molecule has 0 aliphatic rings. The topological polar surface area (TPSA) is 9.23 Å². The third-order valence-electron chi connectivity index (χ3n) is 1.22. The maximum atomic E-state index is 11.8. The second kappa shape index (κ2) is 4.32. The smallest absolute Gasteiger partial charge is 0.300 e. The molecule has 0 aromatic carbocycles. The van der Waals surface area contributed by atoms with Crippen LogP contribution in [-0.2, 0) is 4.52 Å². The molecule has 0 fully saturated rings. The van der Waals surface area contributed by atoms with Crippen LogP contribution in [0.5, 0.6) is 0 Å². The highest BCUT2D eigenvalue weighted by Crippen LogP contribution is 2.45. The first-order chi connectivity index (χ1) is 4.83. The number of rotatable bonds is 4. The SMILES string of the molecule is CC(C)CC(C)(C)OP(F)F. The Morgan fingerprint density at radius 2 is 1.82 bits per heavy atom. The molecule has 11 heavy (non-hydrogen) atoms. The van der Waals surface area contributed by atoms with E-state index in [0.717, 1.165) is 0 Å². The van der Waals surface area contributed by atoms with Crippen molar-refractivity contribution in [2.45, 2.75) is 39.7 Å². The molecule has 0 rings (SSSR count). The monoisotopic (exact) mass is 184 g/mol. The summed E-state index contributed by atoms with van der Waals surface area (Å²) in [5.41, 5.74) is -0.677. The van der Waals surface area contributed by atoms with E-state index in [1.54, 1.807) is 13.8 Å². The minimum Gasteiger partial charge on any atom is -0.300 e. The van der Waals surface area contributed by atoms with Gasteiger partial charge in [-0.25, -0.2) is 0 Å². The van der Waals surface area contributed by atoms with Crippen LogP contribution in [0.15, 0.2) is 0 Å². The Labute approximate surface area is 68.2 Å². The molecule has 0 N–H and O–H groups in total. The van der Waals surface area contributed by atoms with Crippen molar-refractivity contribution in [3.05, 3.63) is 0 Å². The van der Waals surface area contributed by atoms with E-state index in [1.807, 2.05) is 13.8 Å². The van der Waals surface area contributed by atoms with Gasteiger partial charge in [0.2, 0.25) is 0 Å². The average molecular weight is 184 g/mol. The van der Waals surface area contributed by atoms with Crippen LogP contribution in [0.3, 0.4) is 0 Å². The molecule has 68 valence electrons. The molecule has 0 atom stereocenters. The van der Waals surface area contributed by atoms with Crippen LogP contribution in [0.2, 0.25) is 0 Å². The summed E-state index contributed by atoms with van der Waals surface area (Å²) in [6, 6.07) is 0. The second-order valence-corrected chi connectivity index (χ2v) is 4.24. The molecule has 0 aromatic rings. The Hall–Kier alpha value is 0.250. The van der Waals surface area contributed by atoms with E-state index in [9.17, 15) is 8.39 Å². The van der Waals surface area contributed by atoms with Crippen molar-refractivity contribution >= 4 is 8.77 Å². The lowest BCUT2D eigenvalue weighted by molar-refractivity contribution is 0.0849. The maximum absolute atomic E-state index is 11.8. The maximum Gasteiger partial charge on any atom is 0.415 e. The van der Waals surface area contributed by atoms with Gasteiger partial charge in [-0.1, -0.05) is 13.8 Å². The molecule has 4 heteroatoms. The summed E-state index contributed by atoms with van der Waals surface area (Å²) in [4.78, 5) is 0. The molecule has 0 saturated carbocycles. The van der Waals surface area contributed by atoms with Gasteiger partial charge < -0.3 is 0 Å². The Balaban J connectivity index is 3.79. The summed E-state index contributed by atoms with van der Waals surface area (Å²) >= 11 is 0. The summed E-state index contributed by atoms with van der Waals surface area (Å²) < 4.78 is 28.1. The fraction of sp³-hybridized carbons (Fsp3) is 1.00. The van der Waals surface area contributed by atoms with E-state index in [0.29, 0.717) is 12.3 Å². The van der Waals surface area contributed by atoms with Gasteiger partial charge >= 0.3 is 8.77 Å². The van der Waals surface area contributed by atoms with Gasteiger partial charge in [-0.2, -0.15) is 8.39 Å². The zero-order valence-corrected chi connectivity index (χ0v) is 8.29. The molecule has 0 saturated heterocycles. The highest BCUT2D eigenvalue weighted by atomic mass is 31.2. The van der Waals surface area contributed by atoms with Crippen LogP contribution in [-0.4, -0.2) is 5.60 Å². The molecule has 0 bridgehead atoms. The van der Waals surface area contributed by atoms with E-state index in [-0.39, 0.29) is 0 Å². The van der Waals surface area contributed by atoms with Crippen LogP contribution in [0.4, 0.5) is 8.39 Å². The average Bonchev–Trinajstić information content (AvgIpc) is 1.53. The summed E-state index contributed by atoms with van der Waals surface area (Å²) in [5, 5.41) is 0. The van der Waals surface area contributed by atoms with E-state index < -0.39 is 14.4 Å². The third-order valence-corrected chi connectivity index (χ3v) is 1.85. The van der Waals surface area contributed by atoms with Gasteiger partial charge in [0, 0.05) is 0 Å². The number of halogens is 2. The Kier molecular flexibility index (Phi) is 4.42. The minimum absolute atomic E-state index is 0.389. The largest absolute Gasteiger partial charge is 0.415 e. The second-order valence-electron chi connectivity index (χ2n) is 3.65. The van der Waals surface area contributed by atoms with Gasteiger partial charge in [0.1, 0.15) is 0 Å². The quantitative estimate of drug-likeness (QED) is 0.600. The van der Waals surface area contributed by atoms with E-state index in [2.05, 4.69) is 4.52 Å². The minimum atomic E-state index is -3.22. The summed E-state index contributed by atoms with van der Waals surface area (Å²) in [7, 11) is -3.22. The van der Waals surface area contributed by atoms with Crippen LogP contribution in [0.25, 0.3) is 0 Å². The number of hydrogen-bond donors (Lipinski definition) is 0. The fourth-order valence-corrected chi connectivity index (χ4v) is 1.66. The van der Waals surface area contributed by atoms with Crippen LogP contribution in [0, 0.1) is 5.92 Å². The van der Waals surface area contributed by atoms with Gasteiger partial charge in [0.05, 0.1) is 5.60 Å². The summed E-state index contributed by atoms with van der Waals surface area (Å²) in [5.74, 6) is 0.389.